The lowest BCUT2D eigenvalue weighted by molar-refractivity contribution is -0.138. The Bertz CT molecular complexity index is 819. The standard InChI is InChI=1S/C16H18N2O5S2/c1-11(18-25(22,23)14-8-5-9-24-14)15(19)17-10-13(16(20)21)12-6-3-2-4-7-12/h2-9,11,13,18H,10H2,1H3,(H,17,19)(H,20,21). The van der Waals surface area contributed by atoms with E-state index in [1.54, 1.807) is 41.8 Å². The van der Waals surface area contributed by atoms with Crippen LogP contribution in [0.4, 0.5) is 0 Å². The van der Waals surface area contributed by atoms with E-state index in [4.69, 9.17) is 0 Å². The summed E-state index contributed by atoms with van der Waals surface area (Å²) in [6.45, 7) is 1.27. The zero-order valence-electron chi connectivity index (χ0n) is 13.4. The van der Waals surface area contributed by atoms with Crippen LogP contribution in [0.5, 0.6) is 0 Å². The molecule has 9 heteroatoms. The van der Waals surface area contributed by atoms with Crippen LogP contribution in [0.25, 0.3) is 0 Å². The predicted octanol–water partition coefficient (Wildman–Crippen LogP) is 1.40. The van der Waals surface area contributed by atoms with Crippen LogP contribution in [0.1, 0.15) is 18.4 Å². The highest BCUT2D eigenvalue weighted by Gasteiger charge is 2.25. The highest BCUT2D eigenvalue weighted by atomic mass is 32.2. The number of hydrogen-bond donors (Lipinski definition) is 3. The number of carboxylic acid groups (broad SMARTS) is 1. The number of thiophene rings is 1. The van der Waals surface area contributed by atoms with Gasteiger partial charge in [-0.25, -0.2) is 8.42 Å². The average Bonchev–Trinajstić information content (AvgIpc) is 3.10. The molecule has 134 valence electrons. The van der Waals surface area contributed by atoms with E-state index in [0.29, 0.717) is 5.56 Å². The number of nitrogens with one attached hydrogen (secondary N) is 2. The zero-order chi connectivity index (χ0) is 18.4. The summed E-state index contributed by atoms with van der Waals surface area (Å²) in [4.78, 5) is 23.5. The van der Waals surface area contributed by atoms with E-state index in [1.165, 1.54) is 13.0 Å². The van der Waals surface area contributed by atoms with Crippen molar-refractivity contribution in [3.63, 3.8) is 0 Å². The van der Waals surface area contributed by atoms with Crippen molar-refractivity contribution in [3.8, 4) is 0 Å². The first-order valence-electron chi connectivity index (χ1n) is 7.42. The molecule has 1 amide bonds. The number of rotatable bonds is 8. The Hall–Kier alpha value is -2.23. The van der Waals surface area contributed by atoms with Crippen molar-refractivity contribution in [1.29, 1.82) is 0 Å². The van der Waals surface area contributed by atoms with Gasteiger partial charge < -0.3 is 10.4 Å². The quantitative estimate of drug-likeness (QED) is 0.639. The normalized spacial score (nSPS) is 13.8. The first kappa shape index (κ1) is 19.1. The van der Waals surface area contributed by atoms with Gasteiger partial charge in [0, 0.05) is 6.54 Å². The maximum Gasteiger partial charge on any atom is 0.312 e. The first-order chi connectivity index (χ1) is 11.8. The van der Waals surface area contributed by atoms with Gasteiger partial charge in [0.1, 0.15) is 4.21 Å². The average molecular weight is 382 g/mol. The van der Waals surface area contributed by atoms with Crippen LogP contribution in [-0.2, 0) is 19.6 Å². The van der Waals surface area contributed by atoms with E-state index in [2.05, 4.69) is 10.0 Å². The minimum atomic E-state index is -3.78. The molecule has 0 aliphatic heterocycles. The molecule has 0 fully saturated rings. The first-order valence-corrected chi connectivity index (χ1v) is 9.79. The molecule has 3 N–H and O–H groups in total. The number of carbonyl (C=O) groups is 2. The predicted molar refractivity (Wildman–Crippen MR) is 93.9 cm³/mol. The molecule has 0 aliphatic rings. The molecule has 7 nitrogen and oxygen atoms in total. The molecule has 1 heterocycles. The van der Waals surface area contributed by atoms with Crippen molar-refractivity contribution in [1.82, 2.24) is 10.0 Å². The molecule has 2 rings (SSSR count). The fourth-order valence-corrected chi connectivity index (χ4v) is 4.36. The summed E-state index contributed by atoms with van der Waals surface area (Å²) in [5, 5.41) is 13.4. The summed E-state index contributed by atoms with van der Waals surface area (Å²) in [6, 6.07) is 10.5. The van der Waals surface area contributed by atoms with Gasteiger partial charge in [-0.15, -0.1) is 11.3 Å². The molecular weight excluding hydrogens is 364 g/mol. The van der Waals surface area contributed by atoms with Gasteiger partial charge in [-0.1, -0.05) is 36.4 Å². The van der Waals surface area contributed by atoms with Crippen molar-refractivity contribution in [2.24, 2.45) is 0 Å². The minimum absolute atomic E-state index is 0.111. The third kappa shape index (κ3) is 5.12. The van der Waals surface area contributed by atoms with Crippen LogP contribution in [-0.4, -0.2) is 38.0 Å². The number of carbonyl (C=O) groups excluding carboxylic acids is 1. The van der Waals surface area contributed by atoms with Gasteiger partial charge in [0.25, 0.3) is 10.0 Å². The lowest BCUT2D eigenvalue weighted by atomic mass is 9.99. The van der Waals surface area contributed by atoms with Crippen LogP contribution in [0, 0.1) is 0 Å². The Balaban J connectivity index is 1.98. The molecule has 0 saturated heterocycles. The van der Waals surface area contributed by atoms with Crippen LogP contribution >= 0.6 is 11.3 Å². The van der Waals surface area contributed by atoms with E-state index in [0.717, 1.165) is 11.3 Å². The summed E-state index contributed by atoms with van der Waals surface area (Å²) in [6.07, 6.45) is 0. The number of aliphatic carboxylic acids is 1. The highest BCUT2D eigenvalue weighted by molar-refractivity contribution is 7.91. The largest absolute Gasteiger partial charge is 0.481 e. The highest BCUT2D eigenvalue weighted by Crippen LogP contribution is 2.16. The molecule has 0 spiro atoms. The van der Waals surface area contributed by atoms with Crippen LogP contribution in [0.15, 0.2) is 52.1 Å². The van der Waals surface area contributed by atoms with E-state index in [1.807, 2.05) is 0 Å². The Morgan fingerprint density at radius 3 is 2.40 bits per heavy atom. The fraction of sp³-hybridized carbons (Fsp3) is 0.250. The minimum Gasteiger partial charge on any atom is -0.481 e. The van der Waals surface area contributed by atoms with Gasteiger partial charge in [0.05, 0.1) is 12.0 Å². The van der Waals surface area contributed by atoms with Crippen LogP contribution in [0.2, 0.25) is 0 Å². The summed E-state index contributed by atoms with van der Waals surface area (Å²) >= 11 is 1.04. The Morgan fingerprint density at radius 2 is 1.84 bits per heavy atom. The SMILES string of the molecule is CC(NS(=O)(=O)c1cccs1)C(=O)NCC(C(=O)O)c1ccccc1. The molecule has 2 unspecified atom stereocenters. The number of hydrogen-bond acceptors (Lipinski definition) is 5. The number of amides is 1. The molecule has 0 aliphatic carbocycles. The van der Waals surface area contributed by atoms with Gasteiger partial charge >= 0.3 is 5.97 Å². The van der Waals surface area contributed by atoms with E-state index in [-0.39, 0.29) is 10.8 Å². The van der Waals surface area contributed by atoms with Crippen molar-refractivity contribution < 1.29 is 23.1 Å². The van der Waals surface area contributed by atoms with E-state index < -0.39 is 33.9 Å². The van der Waals surface area contributed by atoms with Gasteiger partial charge in [0.15, 0.2) is 0 Å². The molecular formula is C16H18N2O5S2. The van der Waals surface area contributed by atoms with Crippen molar-refractivity contribution >= 4 is 33.2 Å². The van der Waals surface area contributed by atoms with Gasteiger partial charge in [-0.3, -0.25) is 9.59 Å². The Morgan fingerprint density at radius 1 is 1.16 bits per heavy atom. The monoisotopic (exact) mass is 382 g/mol. The van der Waals surface area contributed by atoms with Crippen molar-refractivity contribution in [2.75, 3.05) is 6.54 Å². The van der Waals surface area contributed by atoms with Gasteiger partial charge in [0.2, 0.25) is 5.91 Å². The summed E-state index contributed by atoms with van der Waals surface area (Å²) in [7, 11) is -3.78. The molecule has 0 radical (unpaired) electrons. The lowest BCUT2D eigenvalue weighted by Crippen LogP contribution is -2.46. The molecule has 1 aromatic carbocycles. The lowest BCUT2D eigenvalue weighted by Gasteiger charge is -2.17. The maximum absolute atomic E-state index is 12.1. The van der Waals surface area contributed by atoms with Crippen LogP contribution in [0.3, 0.4) is 0 Å². The molecule has 2 atom stereocenters. The van der Waals surface area contributed by atoms with Gasteiger partial charge in [-0.2, -0.15) is 4.72 Å². The topological polar surface area (TPSA) is 113 Å². The second-order valence-corrected chi connectivity index (χ2v) is 8.21. The smallest absolute Gasteiger partial charge is 0.312 e. The van der Waals surface area contributed by atoms with E-state index >= 15 is 0 Å². The van der Waals surface area contributed by atoms with E-state index in [9.17, 15) is 23.1 Å². The van der Waals surface area contributed by atoms with Crippen molar-refractivity contribution in [3.05, 3.63) is 53.4 Å². The Labute approximate surface area is 149 Å². The maximum atomic E-state index is 12.1. The zero-order valence-corrected chi connectivity index (χ0v) is 15.0. The third-order valence-corrected chi connectivity index (χ3v) is 6.40. The molecule has 2 aromatic rings. The number of benzene rings is 1. The second-order valence-electron chi connectivity index (χ2n) is 5.32. The molecule has 0 saturated carbocycles. The number of carboxylic acids is 1. The number of sulfonamides is 1. The van der Waals surface area contributed by atoms with Crippen molar-refractivity contribution in [2.45, 2.75) is 23.1 Å². The van der Waals surface area contributed by atoms with Gasteiger partial charge in [-0.05, 0) is 23.9 Å². The second kappa shape index (κ2) is 8.24. The molecule has 25 heavy (non-hydrogen) atoms. The third-order valence-electron chi connectivity index (χ3n) is 3.47. The molecule has 0 bridgehead atoms. The fourth-order valence-electron chi connectivity index (χ4n) is 2.15. The summed E-state index contributed by atoms with van der Waals surface area (Å²) in [5.41, 5.74) is 0.558. The van der Waals surface area contributed by atoms with Crippen LogP contribution < -0.4 is 10.0 Å². The summed E-state index contributed by atoms with van der Waals surface area (Å²) < 4.78 is 26.6. The summed E-state index contributed by atoms with van der Waals surface area (Å²) in [5.74, 6) is -2.58. The molecule has 1 aromatic heterocycles. The Kier molecular flexibility index (Phi) is 6.29.